The molecule has 10 heteroatoms. The van der Waals surface area contributed by atoms with Crippen molar-refractivity contribution >= 4 is 39.2 Å². The third-order valence-corrected chi connectivity index (χ3v) is 7.86. The number of likely N-dealkylation sites (N-methyl/N-ethyl adjacent to an activating group) is 1. The molecule has 2 saturated heterocycles. The lowest BCUT2D eigenvalue weighted by atomic mass is 10.1. The van der Waals surface area contributed by atoms with E-state index in [1.54, 1.807) is 17.0 Å². The highest BCUT2D eigenvalue weighted by Gasteiger charge is 2.45. The van der Waals surface area contributed by atoms with Crippen LogP contribution in [0.5, 0.6) is 0 Å². The number of alkyl halides is 2. The van der Waals surface area contributed by atoms with Crippen LogP contribution in [0.3, 0.4) is 0 Å². The molecule has 2 fully saturated rings. The van der Waals surface area contributed by atoms with Crippen molar-refractivity contribution in [1.29, 1.82) is 0 Å². The Balaban J connectivity index is 1.59. The molecule has 2 aliphatic heterocycles. The van der Waals surface area contributed by atoms with Crippen LogP contribution in [0.1, 0.15) is 48.3 Å². The molecule has 0 aliphatic carbocycles. The smallest absolute Gasteiger partial charge is 0.328 e. The van der Waals surface area contributed by atoms with E-state index in [-0.39, 0.29) is 17.5 Å². The molecule has 0 saturated carbocycles. The fraction of sp³-hybridized carbons (Fsp3) is 0.542. The van der Waals surface area contributed by atoms with Gasteiger partial charge in [-0.2, -0.15) is 0 Å². The number of carbonyl (C=O) groups excluding carboxylic acids is 3. The van der Waals surface area contributed by atoms with E-state index in [4.69, 9.17) is 4.74 Å². The number of carbonyl (C=O) groups is 3. The fourth-order valence-corrected chi connectivity index (χ4v) is 5.80. The molecule has 4 rings (SSSR count). The van der Waals surface area contributed by atoms with Gasteiger partial charge >= 0.3 is 5.97 Å². The number of ether oxygens (including phenoxy) is 1. The number of benzene rings is 1. The molecule has 7 nitrogen and oxygen atoms in total. The molecule has 2 aliphatic rings. The average Bonchev–Trinajstić information content (AvgIpc) is 3.42. The van der Waals surface area contributed by atoms with Crippen LogP contribution in [-0.2, 0) is 20.2 Å². The molecule has 1 aromatic carbocycles. The Morgan fingerprint density at radius 3 is 2.68 bits per heavy atom. The lowest BCUT2D eigenvalue weighted by molar-refractivity contribution is -0.153. The predicted octanol–water partition coefficient (Wildman–Crippen LogP) is 3.37. The van der Waals surface area contributed by atoms with Gasteiger partial charge in [-0.1, -0.05) is 13.0 Å². The summed E-state index contributed by atoms with van der Waals surface area (Å²) < 4.78 is 33.0. The molecule has 3 heterocycles. The number of nitrogens with zero attached hydrogens (tertiary/aromatic N) is 2. The minimum atomic E-state index is -2.98. The zero-order valence-corrected chi connectivity index (χ0v) is 20.3. The van der Waals surface area contributed by atoms with Gasteiger partial charge < -0.3 is 19.9 Å². The number of esters is 1. The maximum atomic E-state index is 13.7. The van der Waals surface area contributed by atoms with E-state index in [9.17, 15) is 23.2 Å². The number of nitrogens with one attached hydrogen (secondary N) is 1. The second kappa shape index (κ2) is 9.58. The monoisotopic (exact) mass is 493 g/mol. The molecule has 1 N–H and O–H groups in total. The number of hydrogen-bond acceptors (Lipinski definition) is 6. The van der Waals surface area contributed by atoms with Gasteiger partial charge in [0, 0.05) is 36.3 Å². The molecule has 0 bridgehead atoms. The lowest BCUT2D eigenvalue weighted by Gasteiger charge is -2.38. The van der Waals surface area contributed by atoms with Gasteiger partial charge in [-0.25, -0.2) is 13.6 Å². The molecule has 184 valence electrons. The van der Waals surface area contributed by atoms with Gasteiger partial charge in [0.05, 0.1) is 12.0 Å². The normalized spacial score (nSPS) is 24.0. The Kier molecular flexibility index (Phi) is 6.91. The quantitative estimate of drug-likeness (QED) is 0.647. The SMILES string of the molecule is CCN1CC[C@H]2CC[C@@H](C(=O)OC)N2C(=O)[C@@H](NC(=O)c2cc3cc(C(C)(F)F)ccc3s2)C1. The van der Waals surface area contributed by atoms with Gasteiger partial charge in [0.15, 0.2) is 0 Å². The second-order valence-corrected chi connectivity index (χ2v) is 10.1. The Morgan fingerprint density at radius 1 is 1.24 bits per heavy atom. The van der Waals surface area contributed by atoms with Gasteiger partial charge in [-0.15, -0.1) is 11.3 Å². The second-order valence-electron chi connectivity index (χ2n) is 8.98. The van der Waals surface area contributed by atoms with Crippen molar-refractivity contribution in [2.24, 2.45) is 0 Å². The zero-order valence-electron chi connectivity index (χ0n) is 19.5. The Bertz CT molecular complexity index is 1100. The number of hydrogen-bond donors (Lipinski definition) is 1. The first-order valence-electron chi connectivity index (χ1n) is 11.5. The maximum Gasteiger partial charge on any atom is 0.328 e. The van der Waals surface area contributed by atoms with E-state index in [1.807, 2.05) is 6.92 Å². The summed E-state index contributed by atoms with van der Waals surface area (Å²) in [7, 11) is 1.31. The number of amides is 2. The summed E-state index contributed by atoms with van der Waals surface area (Å²) in [5.41, 5.74) is -0.118. The summed E-state index contributed by atoms with van der Waals surface area (Å²) in [6.45, 7) is 4.64. The van der Waals surface area contributed by atoms with Crippen molar-refractivity contribution < 1.29 is 27.9 Å². The molecule has 2 amide bonds. The summed E-state index contributed by atoms with van der Waals surface area (Å²) in [5.74, 6) is -4.15. The average molecular weight is 494 g/mol. The highest BCUT2D eigenvalue weighted by atomic mass is 32.1. The van der Waals surface area contributed by atoms with Crippen molar-refractivity contribution in [2.45, 2.75) is 57.2 Å². The van der Waals surface area contributed by atoms with E-state index in [0.29, 0.717) is 34.3 Å². The first kappa shape index (κ1) is 24.5. The van der Waals surface area contributed by atoms with Crippen LogP contribution in [0.15, 0.2) is 24.3 Å². The third kappa shape index (κ3) is 4.79. The predicted molar refractivity (Wildman–Crippen MR) is 125 cm³/mol. The minimum Gasteiger partial charge on any atom is -0.467 e. The van der Waals surface area contributed by atoms with Crippen molar-refractivity contribution in [1.82, 2.24) is 15.1 Å². The van der Waals surface area contributed by atoms with Crippen LogP contribution in [0.25, 0.3) is 10.1 Å². The Hall–Kier alpha value is -2.59. The van der Waals surface area contributed by atoms with E-state index >= 15 is 0 Å². The van der Waals surface area contributed by atoms with Crippen LogP contribution < -0.4 is 5.32 Å². The summed E-state index contributed by atoms with van der Waals surface area (Å²) in [6, 6.07) is 4.35. The van der Waals surface area contributed by atoms with E-state index in [2.05, 4.69) is 10.2 Å². The summed E-state index contributed by atoms with van der Waals surface area (Å²) in [4.78, 5) is 43.1. The van der Waals surface area contributed by atoms with Crippen LogP contribution >= 0.6 is 11.3 Å². The third-order valence-electron chi connectivity index (χ3n) is 6.75. The Labute approximate surface area is 201 Å². The van der Waals surface area contributed by atoms with Gasteiger partial charge in [0.25, 0.3) is 11.8 Å². The summed E-state index contributed by atoms with van der Waals surface area (Å²) in [6.07, 6.45) is 2.01. The molecule has 3 atom stereocenters. The van der Waals surface area contributed by atoms with E-state index in [1.165, 1.54) is 30.6 Å². The van der Waals surface area contributed by atoms with Crippen molar-refractivity contribution in [3.8, 4) is 0 Å². The Morgan fingerprint density at radius 2 is 2.00 bits per heavy atom. The number of rotatable bonds is 5. The van der Waals surface area contributed by atoms with E-state index in [0.717, 1.165) is 26.4 Å². The van der Waals surface area contributed by atoms with E-state index < -0.39 is 29.9 Å². The molecule has 0 spiro atoms. The number of fused-ring (bicyclic) bond motifs is 2. The fourth-order valence-electron chi connectivity index (χ4n) is 4.86. The van der Waals surface area contributed by atoms with Crippen molar-refractivity contribution in [3.63, 3.8) is 0 Å². The standard InChI is InChI=1S/C24H29F2N3O4S/c1-4-28-10-9-16-6-7-18(23(32)33-3)29(16)22(31)17(13-28)27-21(30)20-12-14-11-15(24(2,25)26)5-8-19(14)34-20/h5,8,11-12,16-18H,4,6-7,9-10,13H2,1-3H3,(H,27,30)/t16-,17+,18+/m1/s1. The molecule has 2 aromatic rings. The maximum absolute atomic E-state index is 13.7. The molecule has 0 radical (unpaired) electrons. The summed E-state index contributed by atoms with van der Waals surface area (Å²) >= 11 is 1.19. The molecule has 1 aromatic heterocycles. The van der Waals surface area contributed by atoms with Crippen molar-refractivity contribution in [2.75, 3.05) is 26.7 Å². The first-order chi connectivity index (χ1) is 16.1. The van der Waals surface area contributed by atoms with Crippen LogP contribution in [0, 0.1) is 0 Å². The molecule has 34 heavy (non-hydrogen) atoms. The van der Waals surface area contributed by atoms with Gasteiger partial charge in [0.1, 0.15) is 12.1 Å². The largest absolute Gasteiger partial charge is 0.467 e. The van der Waals surface area contributed by atoms with Gasteiger partial charge in [-0.3, -0.25) is 9.59 Å². The highest BCUT2D eigenvalue weighted by molar-refractivity contribution is 7.20. The summed E-state index contributed by atoms with van der Waals surface area (Å²) in [5, 5.41) is 3.41. The number of halogens is 2. The molecular formula is C24H29F2N3O4S. The van der Waals surface area contributed by atoms with Crippen LogP contribution in [0.4, 0.5) is 8.78 Å². The van der Waals surface area contributed by atoms with Gasteiger partial charge in [0.2, 0.25) is 5.91 Å². The highest BCUT2D eigenvalue weighted by Crippen LogP contribution is 2.33. The van der Waals surface area contributed by atoms with Gasteiger partial charge in [-0.05, 0) is 49.4 Å². The van der Waals surface area contributed by atoms with Crippen LogP contribution in [-0.4, -0.2) is 72.5 Å². The zero-order chi connectivity index (χ0) is 24.6. The molecule has 0 unspecified atom stereocenters. The first-order valence-corrected chi connectivity index (χ1v) is 12.3. The molecular weight excluding hydrogens is 464 g/mol. The minimum absolute atomic E-state index is 0.0798. The van der Waals surface area contributed by atoms with Crippen LogP contribution in [0.2, 0.25) is 0 Å². The lowest BCUT2D eigenvalue weighted by Crippen LogP contribution is -2.59. The van der Waals surface area contributed by atoms with Crippen molar-refractivity contribution in [3.05, 3.63) is 34.7 Å². The number of thiophene rings is 1. The number of methoxy groups -OCH3 is 1. The topological polar surface area (TPSA) is 79.0 Å².